The summed E-state index contributed by atoms with van der Waals surface area (Å²) in [6.45, 7) is 13.7. The van der Waals surface area contributed by atoms with E-state index in [4.69, 9.17) is 4.74 Å². The van der Waals surface area contributed by atoms with Crippen molar-refractivity contribution in [3.05, 3.63) is 12.7 Å². The van der Waals surface area contributed by atoms with Crippen LogP contribution in [-0.2, 0) is 19.1 Å². The molecule has 0 aliphatic carbocycles. The molecule has 30 heavy (non-hydrogen) atoms. The fourth-order valence-corrected chi connectivity index (χ4v) is 8.05. The molecule has 3 aliphatic rings. The van der Waals surface area contributed by atoms with Gasteiger partial charge in [-0.1, -0.05) is 13.0 Å². The summed E-state index contributed by atoms with van der Waals surface area (Å²) in [6.07, 6.45) is 2.46. The minimum Gasteiger partial charge on any atom is -0.466 e. The van der Waals surface area contributed by atoms with Crippen LogP contribution in [0, 0.1) is 17.8 Å². The molecule has 7 atom stereocenters. The molecule has 0 aromatic heterocycles. The molecule has 2 amide bonds. The lowest BCUT2D eigenvalue weighted by atomic mass is 9.66. The van der Waals surface area contributed by atoms with Gasteiger partial charge in [-0.2, -0.15) is 0 Å². The van der Waals surface area contributed by atoms with E-state index in [2.05, 4.69) is 13.5 Å². The molecule has 0 aromatic rings. The molecule has 3 rings (SSSR count). The average molecular weight is 439 g/mol. The third-order valence-electron chi connectivity index (χ3n) is 6.95. The smallest absolute Gasteiger partial charge is 0.310 e. The Morgan fingerprint density at radius 1 is 1.43 bits per heavy atom. The Hall–Kier alpha value is -1.54. The van der Waals surface area contributed by atoms with Crippen LogP contribution in [0.2, 0.25) is 0 Å². The van der Waals surface area contributed by atoms with Gasteiger partial charge in [-0.25, -0.2) is 0 Å². The van der Waals surface area contributed by atoms with Gasteiger partial charge in [-0.3, -0.25) is 14.4 Å². The standard InChI is InChI=1S/C22H34N2O5S/c1-7-9-23(12(3)4)20(27)18-22-13(5)10-15(30-22)16(21(28)29-8-2)17(22)19(26)24(18)14(6)11-25/h7,12-18,25H,1,8-11H2,2-6H3/t13?,14-,15+,16-,17+,18?,22?/m1/s1. The molecule has 0 saturated carbocycles. The van der Waals surface area contributed by atoms with E-state index in [-0.39, 0.29) is 48.2 Å². The number of hydrogen-bond donors (Lipinski definition) is 1. The first-order chi connectivity index (χ1) is 14.2. The van der Waals surface area contributed by atoms with Crippen molar-refractivity contribution in [3.63, 3.8) is 0 Å². The largest absolute Gasteiger partial charge is 0.466 e. The highest BCUT2D eigenvalue weighted by Gasteiger charge is 2.77. The number of thioether (sulfide) groups is 1. The number of nitrogens with zero attached hydrogens (tertiary/aromatic N) is 2. The van der Waals surface area contributed by atoms with Crippen LogP contribution < -0.4 is 0 Å². The lowest BCUT2D eigenvalue weighted by Gasteiger charge is -2.42. The summed E-state index contributed by atoms with van der Waals surface area (Å²) in [5.41, 5.74) is 0. The normalized spacial score (nSPS) is 35.5. The summed E-state index contributed by atoms with van der Waals surface area (Å²) in [5, 5.41) is 9.86. The summed E-state index contributed by atoms with van der Waals surface area (Å²) in [5.74, 6) is -1.75. The van der Waals surface area contributed by atoms with Gasteiger partial charge in [0, 0.05) is 17.8 Å². The zero-order chi connectivity index (χ0) is 22.4. The maximum Gasteiger partial charge on any atom is 0.310 e. The average Bonchev–Trinajstić information content (AvgIpc) is 3.28. The molecule has 2 bridgehead atoms. The molecule has 0 radical (unpaired) electrons. The van der Waals surface area contributed by atoms with Gasteiger partial charge < -0.3 is 19.6 Å². The van der Waals surface area contributed by atoms with E-state index >= 15 is 0 Å². The van der Waals surface area contributed by atoms with E-state index in [0.717, 1.165) is 6.42 Å². The maximum atomic E-state index is 13.9. The number of fused-ring (bicyclic) bond motifs is 1. The van der Waals surface area contributed by atoms with Crippen molar-refractivity contribution in [2.24, 2.45) is 17.8 Å². The van der Waals surface area contributed by atoms with Gasteiger partial charge >= 0.3 is 5.97 Å². The number of carbonyl (C=O) groups is 3. The molecule has 1 N–H and O–H groups in total. The highest BCUT2D eigenvalue weighted by Crippen LogP contribution is 2.69. The SMILES string of the molecule is C=CCN(C(=O)C1N([C@H](C)CO)C(=O)[C@@H]2[C@H](C(=O)OCC)[C@@H]3CC(C)C12S3)C(C)C. The highest BCUT2D eigenvalue weighted by atomic mass is 32.2. The second-order valence-electron chi connectivity index (χ2n) is 8.95. The Morgan fingerprint density at radius 3 is 2.63 bits per heavy atom. The summed E-state index contributed by atoms with van der Waals surface area (Å²) < 4.78 is 4.64. The summed E-state index contributed by atoms with van der Waals surface area (Å²) in [7, 11) is 0. The molecule has 7 nitrogen and oxygen atoms in total. The van der Waals surface area contributed by atoms with Gasteiger partial charge in [0.1, 0.15) is 6.04 Å². The van der Waals surface area contributed by atoms with Gasteiger partial charge in [0.15, 0.2) is 0 Å². The van der Waals surface area contributed by atoms with Crippen LogP contribution in [0.3, 0.4) is 0 Å². The van der Waals surface area contributed by atoms with Crippen molar-refractivity contribution in [2.75, 3.05) is 19.8 Å². The number of hydrogen-bond acceptors (Lipinski definition) is 6. The quantitative estimate of drug-likeness (QED) is 0.458. The fourth-order valence-electron chi connectivity index (χ4n) is 5.66. The lowest BCUT2D eigenvalue weighted by molar-refractivity contribution is -0.154. The third kappa shape index (κ3) is 3.18. The Morgan fingerprint density at radius 2 is 2.10 bits per heavy atom. The molecule has 168 valence electrons. The summed E-state index contributed by atoms with van der Waals surface area (Å²) in [4.78, 5) is 43.7. The van der Waals surface area contributed by atoms with Gasteiger partial charge in [-0.05, 0) is 40.0 Å². The first-order valence-electron chi connectivity index (χ1n) is 10.9. The number of aliphatic hydroxyl groups excluding tert-OH is 1. The maximum absolute atomic E-state index is 13.9. The molecule has 3 unspecified atom stereocenters. The second-order valence-corrected chi connectivity index (χ2v) is 10.5. The number of amides is 2. The van der Waals surface area contributed by atoms with Crippen molar-refractivity contribution in [1.82, 2.24) is 9.80 Å². The number of likely N-dealkylation sites (tertiary alicyclic amines) is 1. The van der Waals surface area contributed by atoms with Crippen LogP contribution in [0.15, 0.2) is 12.7 Å². The van der Waals surface area contributed by atoms with Crippen molar-refractivity contribution >= 4 is 29.5 Å². The number of carbonyl (C=O) groups excluding carboxylic acids is 3. The second kappa shape index (κ2) is 8.54. The van der Waals surface area contributed by atoms with Crippen LogP contribution >= 0.6 is 11.8 Å². The van der Waals surface area contributed by atoms with Crippen LogP contribution in [0.25, 0.3) is 0 Å². The van der Waals surface area contributed by atoms with Crippen molar-refractivity contribution in [3.8, 4) is 0 Å². The fraction of sp³-hybridized carbons (Fsp3) is 0.773. The number of esters is 1. The number of rotatable bonds is 8. The minimum atomic E-state index is -0.719. The zero-order valence-electron chi connectivity index (χ0n) is 18.5. The van der Waals surface area contributed by atoms with Crippen LogP contribution in [0.4, 0.5) is 0 Å². The third-order valence-corrected chi connectivity index (χ3v) is 9.02. The van der Waals surface area contributed by atoms with Gasteiger partial charge in [0.05, 0.1) is 35.8 Å². The first-order valence-corrected chi connectivity index (χ1v) is 11.7. The number of aliphatic hydroxyl groups is 1. The van der Waals surface area contributed by atoms with Crippen LogP contribution in [0.1, 0.15) is 41.0 Å². The van der Waals surface area contributed by atoms with E-state index in [9.17, 15) is 19.5 Å². The topological polar surface area (TPSA) is 87.2 Å². The minimum absolute atomic E-state index is 0.0261. The molecule has 3 aliphatic heterocycles. The lowest BCUT2D eigenvalue weighted by Crippen LogP contribution is -2.59. The van der Waals surface area contributed by atoms with Gasteiger partial charge in [0.25, 0.3) is 0 Å². The Bertz CT molecular complexity index is 728. The van der Waals surface area contributed by atoms with E-state index in [0.29, 0.717) is 6.54 Å². The molecule has 3 fully saturated rings. The molecule has 0 aromatic carbocycles. The summed E-state index contributed by atoms with van der Waals surface area (Å²) >= 11 is 1.62. The molecule has 3 saturated heterocycles. The Kier molecular flexibility index (Phi) is 6.58. The predicted octanol–water partition coefficient (Wildman–Crippen LogP) is 1.69. The van der Waals surface area contributed by atoms with Crippen molar-refractivity contribution < 1.29 is 24.2 Å². The van der Waals surface area contributed by atoms with Crippen molar-refractivity contribution in [2.45, 2.75) is 69.2 Å². The Labute approximate surface area is 183 Å². The molecule has 1 spiro atoms. The zero-order valence-corrected chi connectivity index (χ0v) is 19.4. The Balaban J connectivity index is 2.12. The van der Waals surface area contributed by atoms with Gasteiger partial charge in [0.2, 0.25) is 11.8 Å². The van der Waals surface area contributed by atoms with Crippen LogP contribution in [-0.4, -0.2) is 80.6 Å². The first kappa shape index (κ1) is 23.1. The molecular formula is C22H34N2O5S. The van der Waals surface area contributed by atoms with Crippen LogP contribution in [0.5, 0.6) is 0 Å². The molecule has 3 heterocycles. The van der Waals surface area contributed by atoms with E-state index < -0.39 is 28.7 Å². The monoisotopic (exact) mass is 438 g/mol. The van der Waals surface area contributed by atoms with E-state index in [1.807, 2.05) is 13.8 Å². The van der Waals surface area contributed by atoms with Crippen molar-refractivity contribution in [1.29, 1.82) is 0 Å². The highest BCUT2D eigenvalue weighted by molar-refractivity contribution is 8.02. The summed E-state index contributed by atoms with van der Waals surface area (Å²) in [6, 6.07) is -1.30. The van der Waals surface area contributed by atoms with E-state index in [1.54, 1.807) is 41.5 Å². The predicted molar refractivity (Wildman–Crippen MR) is 116 cm³/mol. The number of ether oxygens (including phenoxy) is 1. The molecule has 8 heteroatoms. The van der Waals surface area contributed by atoms with E-state index in [1.165, 1.54) is 0 Å². The molecular weight excluding hydrogens is 404 g/mol. The van der Waals surface area contributed by atoms with Gasteiger partial charge in [-0.15, -0.1) is 18.3 Å².